The fourth-order valence-electron chi connectivity index (χ4n) is 5.85. The molecular formula is C28H33N5O2. The molecule has 0 spiro atoms. The minimum Gasteiger partial charge on any atom is -0.338 e. The van der Waals surface area contributed by atoms with Gasteiger partial charge in [0.25, 0.3) is 5.91 Å². The van der Waals surface area contributed by atoms with E-state index in [0.717, 1.165) is 56.3 Å². The molecule has 5 rings (SSSR count). The molecule has 7 heteroatoms. The zero-order valence-corrected chi connectivity index (χ0v) is 20.5. The molecule has 7 nitrogen and oxygen atoms in total. The largest absolute Gasteiger partial charge is 0.338 e. The molecule has 2 aliphatic heterocycles. The predicted octanol–water partition coefficient (Wildman–Crippen LogP) is 4.10. The van der Waals surface area contributed by atoms with E-state index in [1.807, 2.05) is 42.4 Å². The summed E-state index contributed by atoms with van der Waals surface area (Å²) in [5, 5.41) is 4.25. The topological polar surface area (TPSA) is 71.3 Å². The summed E-state index contributed by atoms with van der Waals surface area (Å²) in [6.07, 6.45) is 11.1. The van der Waals surface area contributed by atoms with Gasteiger partial charge in [0.15, 0.2) is 0 Å². The zero-order chi connectivity index (χ0) is 24.4. The number of nitrogens with zero attached hydrogens (tertiary/aromatic N) is 5. The maximum absolute atomic E-state index is 14.1. The second-order valence-electron chi connectivity index (χ2n) is 9.82. The van der Waals surface area contributed by atoms with Crippen molar-refractivity contribution in [3.63, 3.8) is 0 Å². The van der Waals surface area contributed by atoms with Crippen molar-refractivity contribution < 1.29 is 9.59 Å². The van der Waals surface area contributed by atoms with Crippen LogP contribution in [0.3, 0.4) is 0 Å². The molecule has 0 radical (unpaired) electrons. The van der Waals surface area contributed by atoms with Crippen molar-refractivity contribution in [2.45, 2.75) is 63.6 Å². The van der Waals surface area contributed by atoms with Gasteiger partial charge in [-0.25, -0.2) is 0 Å². The smallest absolute Gasteiger partial charge is 0.254 e. The molecule has 2 amide bonds. The fraction of sp³-hybridized carbons (Fsp3) is 0.429. The molecule has 0 N–H and O–H groups in total. The van der Waals surface area contributed by atoms with Crippen molar-refractivity contribution in [2.75, 3.05) is 6.54 Å². The summed E-state index contributed by atoms with van der Waals surface area (Å²) in [6, 6.07) is 14.2. The van der Waals surface area contributed by atoms with Gasteiger partial charge in [0.1, 0.15) is 0 Å². The van der Waals surface area contributed by atoms with Crippen LogP contribution in [0.2, 0.25) is 0 Å². The van der Waals surface area contributed by atoms with Gasteiger partial charge in [0, 0.05) is 50.1 Å². The summed E-state index contributed by atoms with van der Waals surface area (Å²) in [7, 11) is 1.87. The van der Waals surface area contributed by atoms with Crippen molar-refractivity contribution in [1.82, 2.24) is 24.6 Å². The number of aromatic nitrogens is 3. The molecule has 0 bridgehead atoms. The Kier molecular flexibility index (Phi) is 6.66. The van der Waals surface area contributed by atoms with E-state index in [1.54, 1.807) is 30.1 Å². The van der Waals surface area contributed by atoms with E-state index in [9.17, 15) is 9.59 Å². The molecule has 2 aromatic heterocycles. The highest BCUT2D eigenvalue weighted by Gasteiger charge is 2.47. The van der Waals surface area contributed by atoms with Crippen molar-refractivity contribution in [2.24, 2.45) is 7.05 Å². The number of amides is 2. The zero-order valence-electron chi connectivity index (χ0n) is 20.5. The van der Waals surface area contributed by atoms with Crippen molar-refractivity contribution >= 4 is 11.8 Å². The number of carbonyl (C=O) groups is 2. The van der Waals surface area contributed by atoms with Crippen LogP contribution in [-0.4, -0.2) is 61.0 Å². The third-order valence-corrected chi connectivity index (χ3v) is 7.47. The van der Waals surface area contributed by atoms with Crippen LogP contribution in [0.1, 0.15) is 54.9 Å². The van der Waals surface area contributed by atoms with Gasteiger partial charge in [-0.2, -0.15) is 5.10 Å². The van der Waals surface area contributed by atoms with Crippen LogP contribution < -0.4 is 0 Å². The average molecular weight is 472 g/mol. The average Bonchev–Trinajstić information content (AvgIpc) is 3.43. The first kappa shape index (κ1) is 23.3. The summed E-state index contributed by atoms with van der Waals surface area (Å²) >= 11 is 0. The van der Waals surface area contributed by atoms with Crippen LogP contribution in [-0.2, 0) is 18.3 Å². The Labute approximate surface area is 206 Å². The van der Waals surface area contributed by atoms with Crippen molar-refractivity contribution in [1.29, 1.82) is 0 Å². The molecule has 2 fully saturated rings. The Bertz CT molecular complexity index is 1190. The van der Waals surface area contributed by atoms with Crippen LogP contribution in [0.4, 0.5) is 0 Å². The highest BCUT2D eigenvalue weighted by atomic mass is 16.2. The molecule has 4 heterocycles. The number of rotatable bonds is 4. The molecule has 1 aromatic carbocycles. The van der Waals surface area contributed by atoms with Gasteiger partial charge in [-0.15, -0.1) is 0 Å². The van der Waals surface area contributed by atoms with Crippen LogP contribution in [0, 0.1) is 0 Å². The maximum Gasteiger partial charge on any atom is 0.254 e. The molecular weight excluding hydrogens is 438 g/mol. The number of hydrogen-bond acceptors (Lipinski definition) is 4. The van der Waals surface area contributed by atoms with Gasteiger partial charge in [0.05, 0.1) is 24.0 Å². The van der Waals surface area contributed by atoms with Gasteiger partial charge in [-0.1, -0.05) is 43.2 Å². The van der Waals surface area contributed by atoms with Gasteiger partial charge >= 0.3 is 0 Å². The minimum atomic E-state index is 0.0232. The third-order valence-electron chi connectivity index (χ3n) is 7.47. The second kappa shape index (κ2) is 10.0. The summed E-state index contributed by atoms with van der Waals surface area (Å²) in [4.78, 5) is 35.4. The monoisotopic (exact) mass is 471 g/mol. The molecule has 0 saturated carbocycles. The van der Waals surface area contributed by atoms with Crippen molar-refractivity contribution in [3.05, 3.63) is 72.2 Å². The van der Waals surface area contributed by atoms with E-state index in [2.05, 4.69) is 27.1 Å². The molecule has 3 atom stereocenters. The van der Waals surface area contributed by atoms with Crippen LogP contribution in [0.5, 0.6) is 0 Å². The predicted molar refractivity (Wildman–Crippen MR) is 135 cm³/mol. The first-order valence-corrected chi connectivity index (χ1v) is 12.6. The van der Waals surface area contributed by atoms with E-state index >= 15 is 0 Å². The summed E-state index contributed by atoms with van der Waals surface area (Å²) < 4.78 is 1.73. The first-order valence-electron chi connectivity index (χ1n) is 12.6. The summed E-state index contributed by atoms with van der Waals surface area (Å²) in [5.74, 6) is 0.132. The highest BCUT2D eigenvalue weighted by Crippen LogP contribution is 2.36. The van der Waals surface area contributed by atoms with Gasteiger partial charge < -0.3 is 9.80 Å². The van der Waals surface area contributed by atoms with Gasteiger partial charge in [0.2, 0.25) is 5.91 Å². The molecule has 182 valence electrons. The van der Waals surface area contributed by atoms with Gasteiger partial charge in [-0.3, -0.25) is 19.3 Å². The number of aryl methyl sites for hydroxylation is 1. The Morgan fingerprint density at radius 2 is 1.89 bits per heavy atom. The summed E-state index contributed by atoms with van der Waals surface area (Å²) in [5.41, 5.74) is 3.47. The van der Waals surface area contributed by atoms with Gasteiger partial charge in [-0.05, 0) is 43.4 Å². The van der Waals surface area contributed by atoms with Crippen molar-refractivity contribution in [3.8, 4) is 11.3 Å². The Balaban J connectivity index is 1.51. The number of fused-ring (bicyclic) bond motifs is 1. The number of hydrogen-bond donors (Lipinski definition) is 0. The second-order valence-corrected chi connectivity index (χ2v) is 9.82. The lowest BCUT2D eigenvalue weighted by Gasteiger charge is -2.37. The first-order chi connectivity index (χ1) is 17.0. The number of carbonyl (C=O) groups excluding carboxylic acids is 2. The highest BCUT2D eigenvalue weighted by molar-refractivity contribution is 5.96. The normalized spacial score (nSPS) is 22.4. The lowest BCUT2D eigenvalue weighted by molar-refractivity contribution is -0.132. The Morgan fingerprint density at radius 3 is 2.63 bits per heavy atom. The molecule has 35 heavy (non-hydrogen) atoms. The van der Waals surface area contributed by atoms with Crippen LogP contribution in [0.15, 0.2) is 61.1 Å². The van der Waals surface area contributed by atoms with Crippen LogP contribution in [0.25, 0.3) is 11.3 Å². The molecule has 3 aromatic rings. The third kappa shape index (κ3) is 4.85. The number of pyridine rings is 1. The quantitative estimate of drug-likeness (QED) is 0.574. The maximum atomic E-state index is 14.1. The fourth-order valence-corrected chi connectivity index (χ4v) is 5.85. The Hall–Kier alpha value is -3.48. The lowest BCUT2D eigenvalue weighted by Crippen LogP contribution is -2.50. The van der Waals surface area contributed by atoms with E-state index in [0.29, 0.717) is 5.56 Å². The van der Waals surface area contributed by atoms with E-state index in [1.165, 1.54) is 5.56 Å². The van der Waals surface area contributed by atoms with E-state index in [4.69, 9.17) is 0 Å². The number of benzene rings is 1. The SMILES string of the molecule is CC(=O)N1CCCCC[C@@H]2[C@@H]1C[C@@H](Cc1ccccc1)N2C(=O)c1ccnc(-c2cnn(C)c2)c1. The standard InChI is InChI=1S/C28H33N5O2/c1-20(34)32-14-8-4-7-11-26-27(32)17-24(15-21-9-5-3-6-10-21)33(26)28(35)22-12-13-29-25(16-22)23-18-30-31(2)19-23/h3,5-6,9-10,12-13,16,18-19,24,26-27H,4,7-8,11,14-15,17H2,1-2H3/t24-,26-,27+/m1/s1. The molecule has 2 aliphatic rings. The minimum absolute atomic E-state index is 0.0232. The molecule has 0 aliphatic carbocycles. The summed E-state index contributed by atoms with van der Waals surface area (Å²) in [6.45, 7) is 2.44. The van der Waals surface area contributed by atoms with E-state index in [-0.39, 0.29) is 29.9 Å². The number of likely N-dealkylation sites (tertiary alicyclic amines) is 2. The lowest BCUT2D eigenvalue weighted by atomic mass is 9.96. The van der Waals surface area contributed by atoms with Crippen LogP contribution >= 0.6 is 0 Å². The molecule has 2 saturated heterocycles. The Morgan fingerprint density at radius 1 is 1.06 bits per heavy atom. The van der Waals surface area contributed by atoms with E-state index < -0.39 is 0 Å². The molecule has 0 unspecified atom stereocenters.